The molecule has 6 nitrogen and oxygen atoms in total. The van der Waals surface area contributed by atoms with E-state index in [9.17, 15) is 10.1 Å². The van der Waals surface area contributed by atoms with Crippen LogP contribution in [0.1, 0.15) is 5.56 Å². The minimum Gasteiger partial charge on any atom is -0.383 e. The SMILES string of the molecule is Cc1ccc(NCCn2cccn2)cc1[N+](=O)[O-]. The molecular weight excluding hydrogens is 232 g/mol. The van der Waals surface area contributed by atoms with Crippen molar-refractivity contribution in [3.63, 3.8) is 0 Å². The van der Waals surface area contributed by atoms with Gasteiger partial charge in [-0.2, -0.15) is 5.10 Å². The fourth-order valence-electron chi connectivity index (χ4n) is 1.66. The third-order valence-electron chi connectivity index (χ3n) is 2.64. The third-order valence-corrected chi connectivity index (χ3v) is 2.64. The van der Waals surface area contributed by atoms with Crippen molar-refractivity contribution in [1.82, 2.24) is 9.78 Å². The first-order valence-electron chi connectivity index (χ1n) is 5.63. The van der Waals surface area contributed by atoms with E-state index in [1.807, 2.05) is 18.3 Å². The molecular formula is C12H14N4O2. The maximum Gasteiger partial charge on any atom is 0.274 e. The molecule has 0 radical (unpaired) electrons. The first-order chi connectivity index (χ1) is 8.66. The van der Waals surface area contributed by atoms with Crippen LogP contribution < -0.4 is 5.32 Å². The van der Waals surface area contributed by atoms with Gasteiger partial charge in [0.05, 0.1) is 11.5 Å². The Hall–Kier alpha value is -2.37. The van der Waals surface area contributed by atoms with Gasteiger partial charge in [-0.1, -0.05) is 6.07 Å². The molecule has 1 N–H and O–H groups in total. The van der Waals surface area contributed by atoms with Gasteiger partial charge in [-0.25, -0.2) is 0 Å². The highest BCUT2D eigenvalue weighted by Crippen LogP contribution is 2.21. The lowest BCUT2D eigenvalue weighted by Gasteiger charge is -2.07. The fraction of sp³-hybridized carbons (Fsp3) is 0.250. The summed E-state index contributed by atoms with van der Waals surface area (Å²) in [7, 11) is 0. The average molecular weight is 246 g/mol. The lowest BCUT2D eigenvalue weighted by molar-refractivity contribution is -0.385. The zero-order chi connectivity index (χ0) is 13.0. The van der Waals surface area contributed by atoms with Crippen LogP contribution in [-0.2, 0) is 6.54 Å². The van der Waals surface area contributed by atoms with Crippen molar-refractivity contribution in [2.24, 2.45) is 0 Å². The molecule has 18 heavy (non-hydrogen) atoms. The number of nitro benzene ring substituents is 1. The molecule has 0 aliphatic rings. The van der Waals surface area contributed by atoms with Crippen LogP contribution in [0.25, 0.3) is 0 Å². The van der Waals surface area contributed by atoms with Gasteiger partial charge in [0, 0.05) is 36.3 Å². The zero-order valence-corrected chi connectivity index (χ0v) is 10.0. The van der Waals surface area contributed by atoms with Gasteiger partial charge in [0.25, 0.3) is 5.69 Å². The summed E-state index contributed by atoms with van der Waals surface area (Å²) in [5.41, 5.74) is 1.55. The summed E-state index contributed by atoms with van der Waals surface area (Å²) < 4.78 is 1.80. The number of rotatable bonds is 5. The van der Waals surface area contributed by atoms with E-state index in [4.69, 9.17) is 0 Å². The molecule has 0 saturated heterocycles. The average Bonchev–Trinajstić information content (AvgIpc) is 2.84. The second kappa shape index (κ2) is 5.31. The molecule has 0 fully saturated rings. The minimum absolute atomic E-state index is 0.138. The molecule has 2 rings (SSSR count). The number of benzene rings is 1. The van der Waals surface area contributed by atoms with E-state index in [1.54, 1.807) is 29.9 Å². The van der Waals surface area contributed by atoms with Gasteiger partial charge in [-0.05, 0) is 19.1 Å². The number of anilines is 1. The summed E-state index contributed by atoms with van der Waals surface area (Å²) in [6.07, 6.45) is 3.59. The predicted octanol–water partition coefficient (Wildman–Crippen LogP) is 2.21. The van der Waals surface area contributed by atoms with Crippen LogP contribution in [0.15, 0.2) is 36.7 Å². The van der Waals surface area contributed by atoms with Gasteiger partial charge in [0.15, 0.2) is 0 Å². The number of aryl methyl sites for hydroxylation is 1. The lowest BCUT2D eigenvalue weighted by atomic mass is 10.2. The van der Waals surface area contributed by atoms with E-state index in [-0.39, 0.29) is 10.6 Å². The molecule has 0 saturated carbocycles. The Morgan fingerprint density at radius 2 is 2.33 bits per heavy atom. The molecule has 0 amide bonds. The maximum atomic E-state index is 10.8. The number of nitrogens with zero attached hydrogens (tertiary/aromatic N) is 3. The van der Waals surface area contributed by atoms with E-state index in [0.29, 0.717) is 18.7 Å². The molecule has 1 aromatic carbocycles. The Kier molecular flexibility index (Phi) is 3.57. The summed E-state index contributed by atoms with van der Waals surface area (Å²) in [5, 5.41) is 18.0. The Labute approximate surface area is 104 Å². The summed E-state index contributed by atoms with van der Waals surface area (Å²) in [5.74, 6) is 0. The summed E-state index contributed by atoms with van der Waals surface area (Å²) in [6, 6.07) is 6.99. The van der Waals surface area contributed by atoms with E-state index in [2.05, 4.69) is 10.4 Å². The van der Waals surface area contributed by atoms with E-state index < -0.39 is 0 Å². The van der Waals surface area contributed by atoms with Gasteiger partial charge >= 0.3 is 0 Å². The second-order valence-corrected chi connectivity index (χ2v) is 3.95. The Balaban J connectivity index is 1.97. The zero-order valence-electron chi connectivity index (χ0n) is 10.0. The van der Waals surface area contributed by atoms with Crippen molar-refractivity contribution < 1.29 is 4.92 Å². The van der Waals surface area contributed by atoms with Gasteiger partial charge in [0.2, 0.25) is 0 Å². The Morgan fingerprint density at radius 3 is 3.00 bits per heavy atom. The monoisotopic (exact) mass is 246 g/mol. The fourth-order valence-corrected chi connectivity index (χ4v) is 1.66. The quantitative estimate of drug-likeness (QED) is 0.648. The number of nitrogens with one attached hydrogen (secondary N) is 1. The van der Waals surface area contributed by atoms with Gasteiger partial charge in [-0.15, -0.1) is 0 Å². The van der Waals surface area contributed by atoms with Crippen LogP contribution in [0.2, 0.25) is 0 Å². The molecule has 0 bridgehead atoms. The summed E-state index contributed by atoms with van der Waals surface area (Å²) >= 11 is 0. The van der Waals surface area contributed by atoms with Gasteiger partial charge in [0.1, 0.15) is 0 Å². The summed E-state index contributed by atoms with van der Waals surface area (Å²) in [6.45, 7) is 3.11. The van der Waals surface area contributed by atoms with Crippen molar-refractivity contribution in [2.45, 2.75) is 13.5 Å². The molecule has 0 atom stereocenters. The molecule has 1 aromatic heterocycles. The van der Waals surface area contributed by atoms with Crippen LogP contribution in [0.5, 0.6) is 0 Å². The largest absolute Gasteiger partial charge is 0.383 e. The molecule has 94 valence electrons. The number of nitro groups is 1. The Bertz CT molecular complexity index is 537. The summed E-state index contributed by atoms with van der Waals surface area (Å²) in [4.78, 5) is 10.4. The highest BCUT2D eigenvalue weighted by atomic mass is 16.6. The van der Waals surface area contributed by atoms with Gasteiger partial charge < -0.3 is 5.32 Å². The maximum absolute atomic E-state index is 10.8. The highest BCUT2D eigenvalue weighted by Gasteiger charge is 2.10. The highest BCUT2D eigenvalue weighted by molar-refractivity contribution is 5.54. The standard InChI is InChI=1S/C12H14N4O2/c1-10-3-4-11(9-12(10)16(17)18)13-6-8-15-7-2-5-14-15/h2-5,7,9,13H,6,8H2,1H3. The van der Waals surface area contributed by atoms with Crippen LogP contribution in [0, 0.1) is 17.0 Å². The van der Waals surface area contributed by atoms with Crippen molar-refractivity contribution in [3.05, 3.63) is 52.3 Å². The van der Waals surface area contributed by atoms with Crippen molar-refractivity contribution >= 4 is 11.4 Å². The molecule has 0 aliphatic heterocycles. The van der Waals surface area contributed by atoms with Crippen molar-refractivity contribution in [1.29, 1.82) is 0 Å². The van der Waals surface area contributed by atoms with Crippen LogP contribution >= 0.6 is 0 Å². The second-order valence-electron chi connectivity index (χ2n) is 3.95. The van der Waals surface area contributed by atoms with Crippen LogP contribution in [0.3, 0.4) is 0 Å². The van der Waals surface area contributed by atoms with E-state index >= 15 is 0 Å². The molecule has 2 aromatic rings. The van der Waals surface area contributed by atoms with Crippen molar-refractivity contribution in [3.8, 4) is 0 Å². The first-order valence-corrected chi connectivity index (χ1v) is 5.63. The molecule has 6 heteroatoms. The predicted molar refractivity (Wildman–Crippen MR) is 68.6 cm³/mol. The number of hydrogen-bond donors (Lipinski definition) is 1. The molecule has 1 heterocycles. The minimum atomic E-state index is -0.367. The molecule has 0 unspecified atom stereocenters. The van der Waals surface area contributed by atoms with E-state index in [1.165, 1.54) is 0 Å². The normalized spacial score (nSPS) is 10.3. The van der Waals surface area contributed by atoms with Gasteiger partial charge in [-0.3, -0.25) is 14.8 Å². The Morgan fingerprint density at radius 1 is 1.50 bits per heavy atom. The first kappa shape index (κ1) is 12.1. The third kappa shape index (κ3) is 2.85. The van der Waals surface area contributed by atoms with Crippen LogP contribution in [0.4, 0.5) is 11.4 Å². The molecule has 0 aliphatic carbocycles. The number of aromatic nitrogens is 2. The lowest BCUT2D eigenvalue weighted by Crippen LogP contribution is -2.10. The van der Waals surface area contributed by atoms with Crippen molar-refractivity contribution in [2.75, 3.05) is 11.9 Å². The number of hydrogen-bond acceptors (Lipinski definition) is 4. The topological polar surface area (TPSA) is 73.0 Å². The smallest absolute Gasteiger partial charge is 0.274 e. The molecule has 0 spiro atoms. The van der Waals surface area contributed by atoms with Crippen LogP contribution in [-0.4, -0.2) is 21.2 Å². The van der Waals surface area contributed by atoms with E-state index in [0.717, 1.165) is 5.69 Å².